The van der Waals surface area contributed by atoms with E-state index in [2.05, 4.69) is 0 Å². The van der Waals surface area contributed by atoms with Crippen LogP contribution in [0, 0.1) is 5.82 Å². The van der Waals surface area contributed by atoms with Gasteiger partial charge in [0.2, 0.25) is 5.91 Å². The largest absolute Gasteiger partial charge is 0.394 e. The maximum Gasteiger partial charge on any atom is 0.247 e. The van der Waals surface area contributed by atoms with Gasteiger partial charge in [-0.3, -0.25) is 4.79 Å². The molecule has 0 saturated carbocycles. The van der Waals surface area contributed by atoms with E-state index in [1.807, 2.05) is 11.8 Å². The number of rotatable bonds is 2. The van der Waals surface area contributed by atoms with Crippen LogP contribution in [-0.4, -0.2) is 48.2 Å². The molecule has 2 unspecified atom stereocenters. The van der Waals surface area contributed by atoms with Gasteiger partial charge in [0.25, 0.3) is 0 Å². The maximum atomic E-state index is 12.9. The molecule has 0 aromatic heterocycles. The smallest absolute Gasteiger partial charge is 0.247 e. The zero-order valence-corrected chi connectivity index (χ0v) is 10.5. The number of benzene rings is 1. The van der Waals surface area contributed by atoms with E-state index < -0.39 is 6.04 Å². The van der Waals surface area contributed by atoms with Gasteiger partial charge in [0.05, 0.1) is 6.61 Å². The molecule has 5 heteroatoms. The Bertz CT molecular complexity index is 435. The molecule has 4 nitrogen and oxygen atoms in total. The van der Waals surface area contributed by atoms with Crippen molar-refractivity contribution in [3.05, 3.63) is 30.1 Å². The second kappa shape index (κ2) is 4.94. The predicted octanol–water partition coefficient (Wildman–Crippen LogP) is 0.853. The summed E-state index contributed by atoms with van der Waals surface area (Å²) in [5.41, 5.74) is 0.754. The van der Waals surface area contributed by atoms with Crippen LogP contribution < -0.4 is 4.90 Å². The quantitative estimate of drug-likeness (QED) is 0.848. The van der Waals surface area contributed by atoms with Crippen molar-refractivity contribution in [3.8, 4) is 0 Å². The summed E-state index contributed by atoms with van der Waals surface area (Å²) < 4.78 is 12.9. The van der Waals surface area contributed by atoms with Crippen molar-refractivity contribution in [3.63, 3.8) is 0 Å². The van der Waals surface area contributed by atoms with Gasteiger partial charge in [0.1, 0.15) is 11.9 Å². The Morgan fingerprint density at radius 1 is 1.39 bits per heavy atom. The fraction of sp³-hybridized carbons (Fsp3) is 0.462. The van der Waals surface area contributed by atoms with Crippen LogP contribution in [0.5, 0.6) is 0 Å². The van der Waals surface area contributed by atoms with Crippen molar-refractivity contribution in [1.82, 2.24) is 4.90 Å². The molecule has 1 fully saturated rings. The van der Waals surface area contributed by atoms with Gasteiger partial charge >= 0.3 is 0 Å². The van der Waals surface area contributed by atoms with Crippen molar-refractivity contribution in [1.29, 1.82) is 0 Å². The third-order valence-corrected chi connectivity index (χ3v) is 3.31. The van der Waals surface area contributed by atoms with E-state index in [1.165, 1.54) is 12.1 Å². The van der Waals surface area contributed by atoms with E-state index >= 15 is 0 Å². The number of piperazine rings is 1. The monoisotopic (exact) mass is 252 g/mol. The van der Waals surface area contributed by atoms with Crippen LogP contribution in [-0.2, 0) is 4.79 Å². The van der Waals surface area contributed by atoms with E-state index in [-0.39, 0.29) is 24.4 Å². The standard InChI is InChI=1S/C13H17FN2O2/c1-9-7-15(2)13(18)12(8-17)16(9)11-5-3-10(14)4-6-11/h3-6,9,12,17H,7-8H2,1-2H3. The number of likely N-dealkylation sites (N-methyl/N-ethyl adjacent to an activating group) is 1. The van der Waals surface area contributed by atoms with E-state index in [4.69, 9.17) is 0 Å². The highest BCUT2D eigenvalue weighted by Crippen LogP contribution is 2.25. The summed E-state index contributed by atoms with van der Waals surface area (Å²) in [6.07, 6.45) is 0. The predicted molar refractivity (Wildman–Crippen MR) is 66.9 cm³/mol. The molecule has 1 aliphatic heterocycles. The van der Waals surface area contributed by atoms with Gasteiger partial charge < -0.3 is 14.9 Å². The van der Waals surface area contributed by atoms with Crippen molar-refractivity contribution >= 4 is 11.6 Å². The van der Waals surface area contributed by atoms with Crippen molar-refractivity contribution in [2.75, 3.05) is 25.1 Å². The molecule has 1 heterocycles. The summed E-state index contributed by atoms with van der Waals surface area (Å²) >= 11 is 0. The molecule has 0 aliphatic carbocycles. The average molecular weight is 252 g/mol. The second-order valence-electron chi connectivity index (χ2n) is 4.65. The number of nitrogens with zero attached hydrogens (tertiary/aromatic N) is 2. The van der Waals surface area contributed by atoms with Gasteiger partial charge in [-0.1, -0.05) is 0 Å². The Morgan fingerprint density at radius 3 is 2.56 bits per heavy atom. The highest BCUT2D eigenvalue weighted by Gasteiger charge is 2.36. The number of carbonyl (C=O) groups excluding carboxylic acids is 1. The molecule has 0 spiro atoms. The van der Waals surface area contributed by atoms with Crippen molar-refractivity contribution in [2.45, 2.75) is 19.0 Å². The highest BCUT2D eigenvalue weighted by atomic mass is 19.1. The molecule has 0 radical (unpaired) electrons. The Hall–Kier alpha value is -1.62. The zero-order chi connectivity index (χ0) is 13.3. The van der Waals surface area contributed by atoms with Crippen LogP contribution >= 0.6 is 0 Å². The molecule has 2 atom stereocenters. The van der Waals surface area contributed by atoms with E-state index in [1.54, 1.807) is 24.1 Å². The third-order valence-electron chi connectivity index (χ3n) is 3.31. The highest BCUT2D eigenvalue weighted by molar-refractivity contribution is 5.87. The number of amides is 1. The molecule has 1 saturated heterocycles. The Balaban J connectivity index is 2.34. The summed E-state index contributed by atoms with van der Waals surface area (Å²) in [6, 6.07) is 5.47. The molecular weight excluding hydrogens is 235 g/mol. The fourth-order valence-corrected chi connectivity index (χ4v) is 2.47. The first-order valence-electron chi connectivity index (χ1n) is 5.94. The number of hydrogen-bond acceptors (Lipinski definition) is 3. The number of aliphatic hydroxyl groups is 1. The van der Waals surface area contributed by atoms with Crippen LogP contribution in [0.1, 0.15) is 6.92 Å². The van der Waals surface area contributed by atoms with E-state index in [0.29, 0.717) is 6.54 Å². The van der Waals surface area contributed by atoms with E-state index in [9.17, 15) is 14.3 Å². The van der Waals surface area contributed by atoms with Gasteiger partial charge in [0.15, 0.2) is 0 Å². The number of aliphatic hydroxyl groups excluding tert-OH is 1. The van der Waals surface area contributed by atoms with Crippen LogP contribution in [0.25, 0.3) is 0 Å². The molecule has 0 bridgehead atoms. The van der Waals surface area contributed by atoms with Gasteiger partial charge in [-0.05, 0) is 31.2 Å². The maximum absolute atomic E-state index is 12.9. The first-order chi connectivity index (χ1) is 8.54. The van der Waals surface area contributed by atoms with Crippen LogP contribution in [0.2, 0.25) is 0 Å². The van der Waals surface area contributed by atoms with Crippen molar-refractivity contribution in [2.24, 2.45) is 0 Å². The molecule has 98 valence electrons. The van der Waals surface area contributed by atoms with E-state index in [0.717, 1.165) is 5.69 Å². The molecular formula is C13H17FN2O2. The number of anilines is 1. The zero-order valence-electron chi connectivity index (χ0n) is 10.5. The molecule has 1 N–H and O–H groups in total. The molecule has 1 aliphatic rings. The molecule has 18 heavy (non-hydrogen) atoms. The summed E-state index contributed by atoms with van der Waals surface area (Å²) in [4.78, 5) is 15.5. The summed E-state index contributed by atoms with van der Waals surface area (Å²) in [5.74, 6) is -0.424. The SMILES string of the molecule is CC1CN(C)C(=O)C(CO)N1c1ccc(F)cc1. The van der Waals surface area contributed by atoms with Gasteiger partial charge in [-0.2, -0.15) is 0 Å². The van der Waals surface area contributed by atoms with Crippen LogP contribution in [0.4, 0.5) is 10.1 Å². The minimum Gasteiger partial charge on any atom is -0.394 e. The van der Waals surface area contributed by atoms with Crippen LogP contribution in [0.3, 0.4) is 0 Å². The minimum atomic E-state index is -0.593. The lowest BCUT2D eigenvalue weighted by atomic mass is 10.1. The lowest BCUT2D eigenvalue weighted by Gasteiger charge is -2.44. The summed E-state index contributed by atoms with van der Waals surface area (Å²) in [5, 5.41) is 9.42. The Morgan fingerprint density at radius 2 is 2.00 bits per heavy atom. The Labute approximate surface area is 106 Å². The number of hydrogen-bond donors (Lipinski definition) is 1. The lowest BCUT2D eigenvalue weighted by molar-refractivity contribution is -0.134. The topological polar surface area (TPSA) is 43.8 Å². The number of carbonyl (C=O) groups is 1. The van der Waals surface area contributed by atoms with Gasteiger partial charge in [-0.15, -0.1) is 0 Å². The normalized spacial score (nSPS) is 24.6. The average Bonchev–Trinajstić information content (AvgIpc) is 2.35. The molecule has 1 aromatic rings. The summed E-state index contributed by atoms with van der Waals surface area (Å²) in [6.45, 7) is 2.33. The first-order valence-corrected chi connectivity index (χ1v) is 5.94. The first kappa shape index (κ1) is 12.8. The minimum absolute atomic E-state index is 0.0790. The van der Waals surface area contributed by atoms with Gasteiger partial charge in [-0.25, -0.2) is 4.39 Å². The molecule has 2 rings (SSSR count). The second-order valence-corrected chi connectivity index (χ2v) is 4.65. The number of halogens is 1. The van der Waals surface area contributed by atoms with Crippen LogP contribution in [0.15, 0.2) is 24.3 Å². The fourth-order valence-electron chi connectivity index (χ4n) is 2.47. The lowest BCUT2D eigenvalue weighted by Crippen LogP contribution is -2.61. The Kier molecular flexibility index (Phi) is 3.52. The summed E-state index contributed by atoms with van der Waals surface area (Å²) in [7, 11) is 1.73. The molecule has 1 aromatic carbocycles. The molecule has 1 amide bonds. The van der Waals surface area contributed by atoms with Crippen molar-refractivity contribution < 1.29 is 14.3 Å². The van der Waals surface area contributed by atoms with Gasteiger partial charge in [0, 0.05) is 25.3 Å². The third kappa shape index (κ3) is 2.18.